The van der Waals surface area contributed by atoms with Crippen molar-refractivity contribution in [1.29, 1.82) is 0 Å². The molecule has 1 unspecified atom stereocenters. The molecule has 8 rings (SSSR count). The van der Waals surface area contributed by atoms with E-state index in [1.165, 1.54) is 43.1 Å². The first-order valence-electron chi connectivity index (χ1n) is 12.8. The molecule has 8 aromatic rings. The predicted octanol–water partition coefficient (Wildman–Crippen LogP) is 7.10. The minimum atomic E-state index is -0.888. The predicted molar refractivity (Wildman–Crippen MR) is 162 cm³/mol. The summed E-state index contributed by atoms with van der Waals surface area (Å²) in [5, 5.41) is 8.62. The van der Waals surface area contributed by atoms with Crippen LogP contribution in [0.15, 0.2) is 134 Å². The Labute approximate surface area is 220 Å². The van der Waals surface area contributed by atoms with Gasteiger partial charge in [0.05, 0.1) is 22.1 Å². The molecule has 0 aliphatic heterocycles. The lowest BCUT2D eigenvalue weighted by Gasteiger charge is -2.21. The summed E-state index contributed by atoms with van der Waals surface area (Å²) in [6, 6.07) is 45.4. The van der Waals surface area contributed by atoms with Crippen LogP contribution < -0.4 is 15.9 Å². The van der Waals surface area contributed by atoms with E-state index in [0.717, 1.165) is 22.1 Å². The molecule has 0 saturated heterocycles. The van der Waals surface area contributed by atoms with Crippen molar-refractivity contribution < 1.29 is 0 Å². The van der Waals surface area contributed by atoms with Crippen LogP contribution in [-0.2, 0) is 0 Å². The van der Waals surface area contributed by atoms with Crippen LogP contribution in [0.25, 0.3) is 49.3 Å². The molecule has 0 aliphatic carbocycles. The number of aromatic nitrogens is 3. The number of hydrogen-bond donors (Lipinski definition) is 0. The summed E-state index contributed by atoms with van der Waals surface area (Å²) < 4.78 is 2.38. The van der Waals surface area contributed by atoms with Crippen LogP contribution in [0, 0.1) is 0 Å². The first kappa shape index (κ1) is 21.5. The van der Waals surface area contributed by atoms with Crippen LogP contribution in [0.3, 0.4) is 0 Å². The van der Waals surface area contributed by atoms with Gasteiger partial charge in [0.2, 0.25) is 0 Å². The zero-order valence-electron chi connectivity index (χ0n) is 20.5. The standard InChI is InChI=1S/C34H22N3P/c1-2-12-24(13-3-1)38(25-21-23-11-4-8-17-29(23)35-22-25)32-20-10-18-30-33(32)37-31-19-9-7-15-27(31)26-14-5-6-16-28(26)34(37)36-30/h1-22H. The Bertz CT molecular complexity index is 2150. The molecule has 4 heteroatoms. The maximum Gasteiger partial charge on any atom is 0.146 e. The molecule has 0 fully saturated rings. The van der Waals surface area contributed by atoms with Gasteiger partial charge in [0.15, 0.2) is 0 Å². The zero-order chi connectivity index (χ0) is 25.1. The second kappa shape index (κ2) is 8.48. The van der Waals surface area contributed by atoms with Gasteiger partial charge in [-0.2, -0.15) is 0 Å². The van der Waals surface area contributed by atoms with E-state index >= 15 is 0 Å². The van der Waals surface area contributed by atoms with E-state index in [4.69, 9.17) is 9.97 Å². The first-order chi connectivity index (χ1) is 18.9. The van der Waals surface area contributed by atoms with Crippen molar-refractivity contribution in [1.82, 2.24) is 14.4 Å². The number of fused-ring (bicyclic) bond motifs is 9. The molecule has 0 bridgehead atoms. The topological polar surface area (TPSA) is 30.2 Å². The number of imidazole rings is 1. The molecule has 0 aliphatic rings. The summed E-state index contributed by atoms with van der Waals surface area (Å²) in [6.45, 7) is 0. The third kappa shape index (κ3) is 3.19. The number of hydrogen-bond acceptors (Lipinski definition) is 2. The van der Waals surface area contributed by atoms with E-state index in [1.807, 2.05) is 6.07 Å². The van der Waals surface area contributed by atoms with E-state index in [-0.39, 0.29) is 0 Å². The van der Waals surface area contributed by atoms with Gasteiger partial charge in [-0.15, -0.1) is 0 Å². The van der Waals surface area contributed by atoms with E-state index in [1.54, 1.807) is 0 Å². The molecular weight excluding hydrogens is 481 g/mol. The molecule has 0 saturated carbocycles. The number of benzene rings is 5. The highest BCUT2D eigenvalue weighted by atomic mass is 31.1. The van der Waals surface area contributed by atoms with Crippen LogP contribution in [0.4, 0.5) is 0 Å². The molecule has 5 aromatic carbocycles. The highest BCUT2D eigenvalue weighted by molar-refractivity contribution is 7.80. The fourth-order valence-corrected chi connectivity index (χ4v) is 8.13. The molecule has 3 aromatic heterocycles. The van der Waals surface area contributed by atoms with Gasteiger partial charge in [-0.05, 0) is 42.9 Å². The minimum Gasteiger partial charge on any atom is -0.291 e. The van der Waals surface area contributed by atoms with Crippen LogP contribution >= 0.6 is 7.92 Å². The highest BCUT2D eigenvalue weighted by Gasteiger charge is 2.23. The van der Waals surface area contributed by atoms with Crippen LogP contribution in [0.1, 0.15) is 0 Å². The van der Waals surface area contributed by atoms with Gasteiger partial charge >= 0.3 is 0 Å². The van der Waals surface area contributed by atoms with Crippen LogP contribution in [0.2, 0.25) is 0 Å². The number of rotatable bonds is 3. The molecule has 178 valence electrons. The second-order valence-corrected chi connectivity index (χ2v) is 11.7. The molecule has 0 radical (unpaired) electrons. The average Bonchev–Trinajstić information content (AvgIpc) is 3.39. The van der Waals surface area contributed by atoms with Gasteiger partial charge in [0.1, 0.15) is 5.65 Å². The Morgan fingerprint density at radius 2 is 1.26 bits per heavy atom. The molecule has 1 atom stereocenters. The van der Waals surface area contributed by atoms with Gasteiger partial charge in [-0.3, -0.25) is 9.38 Å². The van der Waals surface area contributed by atoms with Gasteiger partial charge in [-0.1, -0.05) is 103 Å². The van der Waals surface area contributed by atoms with Crippen molar-refractivity contribution in [3.8, 4) is 0 Å². The lowest BCUT2D eigenvalue weighted by atomic mass is 10.1. The van der Waals surface area contributed by atoms with Gasteiger partial charge < -0.3 is 0 Å². The number of nitrogens with zero attached hydrogens (tertiary/aromatic N) is 3. The number of pyridine rings is 2. The van der Waals surface area contributed by atoms with Crippen LogP contribution in [0.5, 0.6) is 0 Å². The molecular formula is C34H22N3P. The third-order valence-electron chi connectivity index (χ3n) is 7.35. The molecule has 0 spiro atoms. The van der Waals surface area contributed by atoms with Crippen molar-refractivity contribution in [2.75, 3.05) is 0 Å². The maximum atomic E-state index is 5.23. The van der Waals surface area contributed by atoms with Crippen molar-refractivity contribution in [3.63, 3.8) is 0 Å². The number of para-hydroxylation sites is 3. The summed E-state index contributed by atoms with van der Waals surface area (Å²) in [5.74, 6) is 0. The summed E-state index contributed by atoms with van der Waals surface area (Å²) in [5.41, 5.74) is 5.38. The molecule has 0 amide bonds. The Morgan fingerprint density at radius 1 is 0.553 bits per heavy atom. The Balaban J connectivity index is 1.53. The van der Waals surface area contributed by atoms with E-state index < -0.39 is 7.92 Å². The maximum absolute atomic E-state index is 5.23. The molecule has 0 N–H and O–H groups in total. The van der Waals surface area contributed by atoms with Crippen molar-refractivity contribution >= 4 is 73.1 Å². The first-order valence-corrected chi connectivity index (χ1v) is 14.1. The van der Waals surface area contributed by atoms with E-state index in [9.17, 15) is 0 Å². The molecule has 38 heavy (non-hydrogen) atoms. The molecule has 3 nitrogen and oxygen atoms in total. The Morgan fingerprint density at radius 3 is 2.16 bits per heavy atom. The molecule has 3 heterocycles. The normalized spacial score (nSPS) is 12.6. The Hall–Kier alpha value is -4.59. The van der Waals surface area contributed by atoms with E-state index in [2.05, 4.69) is 132 Å². The monoisotopic (exact) mass is 503 g/mol. The fraction of sp³-hybridized carbons (Fsp3) is 0. The van der Waals surface area contributed by atoms with Gasteiger partial charge in [0.25, 0.3) is 0 Å². The summed E-state index contributed by atoms with van der Waals surface area (Å²) >= 11 is 0. The average molecular weight is 504 g/mol. The van der Waals surface area contributed by atoms with Crippen molar-refractivity contribution in [3.05, 3.63) is 134 Å². The van der Waals surface area contributed by atoms with Gasteiger partial charge in [0, 0.05) is 33.0 Å². The largest absolute Gasteiger partial charge is 0.291 e. The highest BCUT2D eigenvalue weighted by Crippen LogP contribution is 2.38. The smallest absolute Gasteiger partial charge is 0.146 e. The fourth-order valence-electron chi connectivity index (χ4n) is 5.70. The van der Waals surface area contributed by atoms with Crippen LogP contribution in [-0.4, -0.2) is 14.4 Å². The Kier molecular flexibility index (Phi) is 4.80. The second-order valence-electron chi connectivity index (χ2n) is 9.54. The van der Waals surface area contributed by atoms with Crippen molar-refractivity contribution in [2.24, 2.45) is 0 Å². The summed E-state index contributed by atoms with van der Waals surface area (Å²) in [6.07, 6.45) is 2.07. The minimum absolute atomic E-state index is 0.888. The van der Waals surface area contributed by atoms with Crippen molar-refractivity contribution in [2.45, 2.75) is 0 Å². The lowest BCUT2D eigenvalue weighted by Crippen LogP contribution is -2.22. The summed E-state index contributed by atoms with van der Waals surface area (Å²) in [4.78, 5) is 10.1. The SMILES string of the molecule is c1ccc(P(c2cnc3ccccc3c2)c2cccc3nc4c5ccccc5c5ccccc5n4c23)cc1. The quantitative estimate of drug-likeness (QED) is 0.190. The zero-order valence-corrected chi connectivity index (χ0v) is 21.4. The third-order valence-corrected chi connectivity index (χ3v) is 9.77. The van der Waals surface area contributed by atoms with Gasteiger partial charge in [-0.25, -0.2) is 4.98 Å². The summed E-state index contributed by atoms with van der Waals surface area (Å²) in [7, 11) is -0.888. The van der Waals surface area contributed by atoms with E-state index in [0.29, 0.717) is 0 Å². The lowest BCUT2D eigenvalue weighted by molar-refractivity contribution is 1.32.